The minimum atomic E-state index is -6.55. The third-order valence-electron chi connectivity index (χ3n) is 5.76. The maximum Gasteiger partial charge on any atom is 0.435 e. The molecule has 0 atom stereocenters. The van der Waals surface area contributed by atoms with Crippen LogP contribution >= 0.6 is 15.9 Å². The van der Waals surface area contributed by atoms with Gasteiger partial charge in [-0.1, -0.05) is 22.0 Å². The number of carbonyl (C=O) groups excluding carboxylic acids is 2. The first kappa shape index (κ1) is 32.7. The molecule has 1 N–H and O–H groups in total. The molecule has 3 rings (SSSR count). The number of hydrogen-bond acceptors (Lipinski definition) is 4. The molecule has 1 amide bonds. The maximum absolute atomic E-state index is 14.6. The summed E-state index contributed by atoms with van der Waals surface area (Å²) in [6.45, 7) is -3.79. The Hall–Kier alpha value is -3.82. The number of halogens is 11. The van der Waals surface area contributed by atoms with Gasteiger partial charge in [0, 0.05) is 27.6 Å². The van der Waals surface area contributed by atoms with Crippen molar-refractivity contribution in [2.24, 2.45) is 0 Å². The van der Waals surface area contributed by atoms with E-state index in [0.717, 1.165) is 19.2 Å². The lowest BCUT2D eigenvalue weighted by Crippen LogP contribution is -2.50. The standard InChI is InChI=1S/C26H16BrF10NO4/c1-41-21-15(3-2-4-18(21)38-22(40)12-5-7-14(28)8-6-12)19(39)11-16-17(27)9-13(10-20(16)42-23(29)30)24(31,25(32,33)34)26(35,36)37/h2-10,23H,11H2,1H3,(H,38,40). The molecule has 0 radical (unpaired) electrons. The molecule has 5 nitrogen and oxygen atoms in total. The Labute approximate surface area is 238 Å². The fourth-order valence-corrected chi connectivity index (χ4v) is 4.38. The Balaban J connectivity index is 2.04. The van der Waals surface area contributed by atoms with Gasteiger partial charge in [-0.25, -0.2) is 8.78 Å². The number of carbonyl (C=O) groups is 2. The second kappa shape index (κ2) is 12.2. The molecule has 226 valence electrons. The summed E-state index contributed by atoms with van der Waals surface area (Å²) in [6, 6.07) is 7.97. The van der Waals surface area contributed by atoms with Gasteiger partial charge in [-0.2, -0.15) is 35.1 Å². The van der Waals surface area contributed by atoms with Crippen LogP contribution in [0.4, 0.5) is 49.6 Å². The zero-order chi connectivity index (χ0) is 31.6. The number of anilines is 1. The molecular formula is C26H16BrF10NO4. The Morgan fingerprint density at radius 3 is 2.05 bits per heavy atom. The van der Waals surface area contributed by atoms with Gasteiger partial charge >= 0.3 is 24.6 Å². The molecule has 0 heterocycles. The summed E-state index contributed by atoms with van der Waals surface area (Å²) in [4.78, 5) is 25.8. The van der Waals surface area contributed by atoms with Crippen molar-refractivity contribution >= 4 is 33.3 Å². The third-order valence-corrected chi connectivity index (χ3v) is 6.47. The zero-order valence-corrected chi connectivity index (χ0v) is 22.4. The van der Waals surface area contributed by atoms with Crippen molar-refractivity contribution in [2.45, 2.75) is 31.1 Å². The van der Waals surface area contributed by atoms with E-state index in [1.54, 1.807) is 0 Å². The highest BCUT2D eigenvalue weighted by Gasteiger charge is 2.73. The number of benzene rings is 3. The van der Waals surface area contributed by atoms with Crippen LogP contribution in [-0.4, -0.2) is 37.8 Å². The summed E-state index contributed by atoms with van der Waals surface area (Å²) < 4.78 is 142. The van der Waals surface area contributed by atoms with E-state index >= 15 is 0 Å². The van der Waals surface area contributed by atoms with Crippen LogP contribution in [0, 0.1) is 5.82 Å². The average Bonchev–Trinajstić information content (AvgIpc) is 2.88. The fourth-order valence-electron chi connectivity index (χ4n) is 3.80. The molecule has 0 bridgehead atoms. The number of hydrogen-bond donors (Lipinski definition) is 1. The number of amides is 1. The lowest BCUT2D eigenvalue weighted by Gasteiger charge is -2.31. The van der Waals surface area contributed by atoms with Gasteiger partial charge in [0.1, 0.15) is 11.6 Å². The molecule has 16 heteroatoms. The van der Waals surface area contributed by atoms with E-state index in [9.17, 15) is 53.5 Å². The molecule has 0 aliphatic carbocycles. The van der Waals surface area contributed by atoms with Crippen molar-refractivity contribution in [3.63, 3.8) is 0 Å². The highest BCUT2D eigenvalue weighted by atomic mass is 79.9. The largest absolute Gasteiger partial charge is 0.494 e. The van der Waals surface area contributed by atoms with Gasteiger partial charge in [0.05, 0.1) is 18.4 Å². The minimum absolute atomic E-state index is 0.0228. The first-order chi connectivity index (χ1) is 19.4. The molecule has 0 fully saturated rings. The van der Waals surface area contributed by atoms with Gasteiger partial charge in [-0.15, -0.1) is 0 Å². The first-order valence-corrected chi connectivity index (χ1v) is 12.1. The second-order valence-electron chi connectivity index (χ2n) is 8.41. The summed E-state index contributed by atoms with van der Waals surface area (Å²) >= 11 is 2.64. The summed E-state index contributed by atoms with van der Waals surface area (Å²) in [5.74, 6) is -3.92. The molecule has 3 aromatic carbocycles. The molecule has 0 unspecified atom stereocenters. The molecule has 0 aliphatic rings. The quantitative estimate of drug-likeness (QED) is 0.184. The van der Waals surface area contributed by atoms with E-state index in [-0.39, 0.29) is 34.7 Å². The zero-order valence-electron chi connectivity index (χ0n) is 20.8. The van der Waals surface area contributed by atoms with E-state index in [2.05, 4.69) is 26.0 Å². The Morgan fingerprint density at radius 1 is 0.929 bits per heavy atom. The highest BCUT2D eigenvalue weighted by Crippen LogP contribution is 2.54. The molecular weight excluding hydrogens is 660 g/mol. The molecule has 0 spiro atoms. The average molecular weight is 676 g/mol. The Morgan fingerprint density at radius 2 is 1.52 bits per heavy atom. The summed E-state index contributed by atoms with van der Waals surface area (Å²) in [5, 5.41) is 2.43. The predicted octanol–water partition coefficient (Wildman–Crippen LogP) is 8.17. The summed E-state index contributed by atoms with van der Waals surface area (Å²) in [7, 11) is 1.10. The van der Waals surface area contributed by atoms with E-state index < -0.39 is 69.9 Å². The van der Waals surface area contributed by atoms with Crippen molar-refractivity contribution in [1.29, 1.82) is 0 Å². The smallest absolute Gasteiger partial charge is 0.435 e. The van der Waals surface area contributed by atoms with Crippen molar-refractivity contribution in [3.05, 3.63) is 87.1 Å². The van der Waals surface area contributed by atoms with Gasteiger partial charge in [0.15, 0.2) is 11.5 Å². The number of ether oxygens (including phenoxy) is 2. The maximum atomic E-state index is 14.6. The molecule has 3 aromatic rings. The summed E-state index contributed by atoms with van der Waals surface area (Å²) in [6.07, 6.45) is -14.1. The van der Waals surface area contributed by atoms with Crippen molar-refractivity contribution < 1.29 is 63.0 Å². The number of ketones is 1. The van der Waals surface area contributed by atoms with Crippen LogP contribution in [0.15, 0.2) is 59.1 Å². The normalized spacial score (nSPS) is 12.3. The van der Waals surface area contributed by atoms with Crippen LogP contribution in [0.3, 0.4) is 0 Å². The lowest BCUT2D eigenvalue weighted by atomic mass is 9.91. The van der Waals surface area contributed by atoms with E-state index in [4.69, 9.17) is 4.74 Å². The lowest BCUT2D eigenvalue weighted by molar-refractivity contribution is -0.348. The second-order valence-corrected chi connectivity index (χ2v) is 9.27. The van der Waals surface area contributed by atoms with Gasteiger partial charge in [-0.3, -0.25) is 9.59 Å². The first-order valence-electron chi connectivity index (χ1n) is 11.3. The van der Waals surface area contributed by atoms with Crippen molar-refractivity contribution in [2.75, 3.05) is 12.4 Å². The van der Waals surface area contributed by atoms with Gasteiger partial charge in [0.25, 0.3) is 5.91 Å². The molecule has 0 aliphatic heterocycles. The van der Waals surface area contributed by atoms with Crippen LogP contribution in [0.1, 0.15) is 31.8 Å². The fraction of sp³-hybridized carbons (Fsp3) is 0.231. The van der Waals surface area contributed by atoms with Gasteiger partial charge < -0.3 is 14.8 Å². The van der Waals surface area contributed by atoms with E-state index in [1.165, 1.54) is 30.3 Å². The molecule has 0 saturated carbocycles. The SMILES string of the molecule is COc1c(NC(=O)c2ccc(F)cc2)cccc1C(=O)Cc1c(Br)cc(C(F)(C(F)(F)F)C(F)(F)F)cc1OC(F)F. The van der Waals surface area contributed by atoms with Crippen LogP contribution < -0.4 is 14.8 Å². The topological polar surface area (TPSA) is 64.6 Å². The number of methoxy groups -OCH3 is 1. The summed E-state index contributed by atoms with van der Waals surface area (Å²) in [5.41, 5.74) is -9.07. The highest BCUT2D eigenvalue weighted by molar-refractivity contribution is 9.10. The molecule has 0 aromatic heterocycles. The van der Waals surface area contributed by atoms with Crippen LogP contribution in [-0.2, 0) is 12.1 Å². The van der Waals surface area contributed by atoms with Crippen LogP contribution in [0.5, 0.6) is 11.5 Å². The van der Waals surface area contributed by atoms with Crippen LogP contribution in [0.2, 0.25) is 0 Å². The van der Waals surface area contributed by atoms with Gasteiger partial charge in [-0.05, 0) is 48.5 Å². The number of nitrogens with one attached hydrogen (secondary N) is 1. The number of Topliss-reactive ketones (excluding diaryl/α,β-unsaturated/α-hetero) is 1. The third kappa shape index (κ3) is 6.63. The Bertz CT molecular complexity index is 1460. The van der Waals surface area contributed by atoms with Crippen molar-refractivity contribution in [3.8, 4) is 11.5 Å². The minimum Gasteiger partial charge on any atom is -0.494 e. The van der Waals surface area contributed by atoms with E-state index in [0.29, 0.717) is 0 Å². The van der Waals surface area contributed by atoms with Crippen molar-refractivity contribution in [1.82, 2.24) is 0 Å². The van der Waals surface area contributed by atoms with Gasteiger partial charge in [0.2, 0.25) is 0 Å². The number of para-hydroxylation sites is 1. The molecule has 0 saturated heterocycles. The predicted molar refractivity (Wildman–Crippen MR) is 131 cm³/mol. The van der Waals surface area contributed by atoms with Crippen LogP contribution in [0.25, 0.3) is 0 Å². The number of alkyl halides is 9. The number of rotatable bonds is 9. The Kier molecular flexibility index (Phi) is 9.49. The molecule has 42 heavy (non-hydrogen) atoms. The monoisotopic (exact) mass is 675 g/mol. The van der Waals surface area contributed by atoms with E-state index in [1.807, 2.05) is 0 Å².